The van der Waals surface area contributed by atoms with Gasteiger partial charge in [-0.2, -0.15) is 0 Å². The molecule has 1 unspecified atom stereocenters. The number of benzene rings is 2. The predicted octanol–water partition coefficient (Wildman–Crippen LogP) is 3.87. The number of Topliss-reactive ketones (excluding diaryl/α,β-unsaturated/α-hetero) is 1. The molecule has 0 bridgehead atoms. The van der Waals surface area contributed by atoms with E-state index in [0.29, 0.717) is 54.7 Å². The second-order valence-electron chi connectivity index (χ2n) is 8.51. The fraction of sp³-hybridized carbons (Fsp3) is 0.407. The Morgan fingerprint density at radius 3 is 2.34 bits per heavy atom. The maximum absolute atomic E-state index is 13.2. The van der Waals surface area contributed by atoms with Crippen molar-refractivity contribution in [1.29, 1.82) is 0 Å². The quantitative estimate of drug-likeness (QED) is 0.296. The molecule has 1 amide bonds. The number of carbonyl (C=O) groups excluding carboxylic acids is 2. The van der Waals surface area contributed by atoms with Crippen molar-refractivity contribution in [3.05, 3.63) is 59.2 Å². The minimum absolute atomic E-state index is 0.0437. The van der Waals surface area contributed by atoms with Gasteiger partial charge in [0, 0.05) is 18.7 Å². The molecule has 188 valence electrons. The van der Waals surface area contributed by atoms with Crippen LogP contribution in [0.2, 0.25) is 0 Å². The average molecular weight is 483 g/mol. The predicted molar refractivity (Wildman–Crippen MR) is 134 cm³/mol. The summed E-state index contributed by atoms with van der Waals surface area (Å²) in [4.78, 5) is 29.7. The van der Waals surface area contributed by atoms with Gasteiger partial charge < -0.3 is 29.1 Å². The Morgan fingerprint density at radius 1 is 1.03 bits per heavy atom. The highest BCUT2D eigenvalue weighted by molar-refractivity contribution is 6.46. The number of rotatable bonds is 11. The van der Waals surface area contributed by atoms with Crippen LogP contribution in [-0.2, 0) is 9.59 Å². The summed E-state index contributed by atoms with van der Waals surface area (Å²) in [5.74, 6) is 0.129. The van der Waals surface area contributed by atoms with Crippen LogP contribution in [0.15, 0.2) is 48.0 Å². The number of carbonyl (C=O) groups is 2. The monoisotopic (exact) mass is 482 g/mol. The van der Waals surface area contributed by atoms with Gasteiger partial charge in [-0.3, -0.25) is 9.59 Å². The summed E-state index contributed by atoms with van der Waals surface area (Å²) in [5.41, 5.74) is 1.12. The fourth-order valence-corrected chi connectivity index (χ4v) is 3.98. The van der Waals surface area contributed by atoms with Gasteiger partial charge in [-0.1, -0.05) is 13.0 Å². The first-order valence-corrected chi connectivity index (χ1v) is 11.8. The lowest BCUT2D eigenvalue weighted by atomic mass is 9.95. The molecule has 8 nitrogen and oxygen atoms in total. The van der Waals surface area contributed by atoms with Gasteiger partial charge >= 0.3 is 0 Å². The lowest BCUT2D eigenvalue weighted by molar-refractivity contribution is -0.140. The number of aliphatic hydroxyl groups excluding tert-OH is 1. The van der Waals surface area contributed by atoms with Crippen molar-refractivity contribution in [3.63, 3.8) is 0 Å². The van der Waals surface area contributed by atoms with E-state index in [-0.39, 0.29) is 11.3 Å². The Labute approximate surface area is 206 Å². The number of ketones is 1. The molecule has 1 N–H and O–H groups in total. The molecule has 0 spiro atoms. The maximum atomic E-state index is 13.2. The second-order valence-corrected chi connectivity index (χ2v) is 8.51. The van der Waals surface area contributed by atoms with Crippen LogP contribution in [0.4, 0.5) is 0 Å². The number of likely N-dealkylation sites (tertiary alicyclic amines) is 1. The highest BCUT2D eigenvalue weighted by Crippen LogP contribution is 2.42. The van der Waals surface area contributed by atoms with E-state index >= 15 is 0 Å². The second kappa shape index (κ2) is 11.8. The summed E-state index contributed by atoms with van der Waals surface area (Å²) in [7, 11) is 5.33. The summed E-state index contributed by atoms with van der Waals surface area (Å²) in [6.45, 7) is 5.82. The Balaban J connectivity index is 2.10. The normalized spacial score (nSPS) is 17.2. The van der Waals surface area contributed by atoms with E-state index in [0.717, 1.165) is 6.42 Å². The number of amides is 1. The molecule has 1 aliphatic rings. The molecule has 0 aromatic heterocycles. The van der Waals surface area contributed by atoms with E-state index in [2.05, 4.69) is 0 Å². The number of methoxy groups -OCH3 is 1. The highest BCUT2D eigenvalue weighted by Gasteiger charge is 2.46. The first kappa shape index (κ1) is 26.1. The lowest BCUT2D eigenvalue weighted by Crippen LogP contribution is -2.35. The molecule has 1 aliphatic heterocycles. The van der Waals surface area contributed by atoms with E-state index < -0.39 is 17.7 Å². The van der Waals surface area contributed by atoms with Crippen LogP contribution in [0, 0.1) is 0 Å². The Kier molecular flexibility index (Phi) is 8.76. The van der Waals surface area contributed by atoms with Crippen molar-refractivity contribution in [3.8, 4) is 17.2 Å². The number of nitrogens with zero attached hydrogens (tertiary/aromatic N) is 2. The molecule has 1 saturated heterocycles. The van der Waals surface area contributed by atoms with Crippen molar-refractivity contribution in [2.45, 2.75) is 26.3 Å². The molecule has 1 heterocycles. The van der Waals surface area contributed by atoms with Crippen molar-refractivity contribution in [2.24, 2.45) is 0 Å². The Hall–Kier alpha value is -3.52. The number of likely N-dealkylation sites (N-methyl/N-ethyl adjacent to an activating group) is 1. The van der Waals surface area contributed by atoms with Gasteiger partial charge in [-0.25, -0.2) is 0 Å². The zero-order valence-corrected chi connectivity index (χ0v) is 21.0. The molecule has 1 atom stereocenters. The van der Waals surface area contributed by atoms with Gasteiger partial charge in [-0.05, 0) is 69.4 Å². The van der Waals surface area contributed by atoms with Crippen LogP contribution in [0.1, 0.15) is 37.4 Å². The highest BCUT2D eigenvalue weighted by atomic mass is 16.5. The van der Waals surface area contributed by atoms with E-state index in [1.807, 2.05) is 32.8 Å². The van der Waals surface area contributed by atoms with E-state index in [1.54, 1.807) is 42.5 Å². The van der Waals surface area contributed by atoms with E-state index in [9.17, 15) is 14.7 Å². The smallest absolute Gasteiger partial charge is 0.295 e. The lowest BCUT2D eigenvalue weighted by Gasteiger charge is -2.27. The van der Waals surface area contributed by atoms with Gasteiger partial charge in [0.05, 0.1) is 31.9 Å². The number of hydrogen-bond acceptors (Lipinski definition) is 7. The molecule has 35 heavy (non-hydrogen) atoms. The molecule has 0 saturated carbocycles. The topological polar surface area (TPSA) is 88.5 Å². The van der Waals surface area contributed by atoms with Gasteiger partial charge in [0.15, 0.2) is 11.5 Å². The number of aliphatic hydroxyl groups is 1. The zero-order chi connectivity index (χ0) is 25.5. The molecule has 2 aromatic carbocycles. The number of hydrogen-bond donors (Lipinski definition) is 1. The Bertz CT molecular complexity index is 1080. The van der Waals surface area contributed by atoms with Gasteiger partial charge in [0.2, 0.25) is 0 Å². The van der Waals surface area contributed by atoms with Crippen LogP contribution < -0.4 is 14.2 Å². The van der Waals surface area contributed by atoms with Crippen molar-refractivity contribution in [2.75, 3.05) is 47.5 Å². The van der Waals surface area contributed by atoms with Gasteiger partial charge in [-0.15, -0.1) is 0 Å². The van der Waals surface area contributed by atoms with Crippen LogP contribution >= 0.6 is 0 Å². The molecule has 0 radical (unpaired) electrons. The van der Waals surface area contributed by atoms with Crippen LogP contribution in [0.25, 0.3) is 5.76 Å². The first-order chi connectivity index (χ1) is 16.8. The van der Waals surface area contributed by atoms with Gasteiger partial charge in [0.1, 0.15) is 11.5 Å². The molecule has 1 fully saturated rings. The summed E-state index contributed by atoms with van der Waals surface area (Å²) in [6, 6.07) is 11.4. The Morgan fingerprint density at radius 2 is 1.74 bits per heavy atom. The van der Waals surface area contributed by atoms with Crippen LogP contribution in [0.5, 0.6) is 17.2 Å². The maximum Gasteiger partial charge on any atom is 0.295 e. The SMILES string of the molecule is CCCOc1ccc(/C(O)=C2\C(=O)C(=O)N(CCN(C)C)C2c2ccc(OCC)c(OC)c2)cc1. The largest absolute Gasteiger partial charge is 0.507 e. The van der Waals surface area contributed by atoms with Crippen molar-refractivity contribution < 1.29 is 28.9 Å². The summed E-state index contributed by atoms with van der Waals surface area (Å²) < 4.78 is 16.7. The zero-order valence-electron chi connectivity index (χ0n) is 21.0. The molecular weight excluding hydrogens is 448 g/mol. The minimum atomic E-state index is -0.768. The summed E-state index contributed by atoms with van der Waals surface area (Å²) in [5, 5.41) is 11.2. The standard InChI is InChI=1S/C27H34N2O6/c1-6-16-35-20-11-8-18(9-12-20)25(30)23-24(29(15-14-28(3)4)27(32)26(23)31)19-10-13-21(34-7-2)22(17-19)33-5/h8-13,17,24,30H,6-7,14-16H2,1-5H3/b25-23+. The first-order valence-electron chi connectivity index (χ1n) is 11.8. The molecule has 0 aliphatic carbocycles. The van der Waals surface area contributed by atoms with E-state index in [4.69, 9.17) is 14.2 Å². The minimum Gasteiger partial charge on any atom is -0.507 e. The number of ether oxygens (including phenoxy) is 3. The third kappa shape index (κ3) is 5.77. The molecule has 2 aromatic rings. The van der Waals surface area contributed by atoms with Crippen LogP contribution in [-0.4, -0.2) is 74.1 Å². The molecular formula is C27H34N2O6. The third-order valence-electron chi connectivity index (χ3n) is 5.73. The summed E-state index contributed by atoms with van der Waals surface area (Å²) in [6.07, 6.45) is 0.879. The van der Waals surface area contributed by atoms with Gasteiger partial charge in [0.25, 0.3) is 11.7 Å². The molecule has 8 heteroatoms. The molecule has 3 rings (SSSR count). The fourth-order valence-electron chi connectivity index (χ4n) is 3.98. The van der Waals surface area contributed by atoms with Crippen molar-refractivity contribution in [1.82, 2.24) is 9.80 Å². The van der Waals surface area contributed by atoms with Crippen molar-refractivity contribution >= 4 is 17.4 Å². The average Bonchev–Trinajstić information content (AvgIpc) is 3.11. The van der Waals surface area contributed by atoms with Crippen LogP contribution in [0.3, 0.4) is 0 Å². The van der Waals surface area contributed by atoms with E-state index in [1.165, 1.54) is 12.0 Å². The summed E-state index contributed by atoms with van der Waals surface area (Å²) >= 11 is 0. The third-order valence-corrected chi connectivity index (χ3v) is 5.73.